The van der Waals surface area contributed by atoms with Gasteiger partial charge in [0.15, 0.2) is 0 Å². The van der Waals surface area contributed by atoms with E-state index in [9.17, 15) is 9.59 Å². The molecule has 1 heterocycles. The van der Waals surface area contributed by atoms with Crippen LogP contribution in [0.5, 0.6) is 0 Å². The van der Waals surface area contributed by atoms with Crippen LogP contribution in [-0.4, -0.2) is 10.8 Å². The molecular formula is C10H13NO2. The van der Waals surface area contributed by atoms with E-state index in [-0.39, 0.29) is 11.3 Å². The Morgan fingerprint density at radius 2 is 2.23 bits per heavy atom. The molecule has 0 aromatic carbocycles. The van der Waals surface area contributed by atoms with Crippen molar-refractivity contribution in [2.24, 2.45) is 0 Å². The van der Waals surface area contributed by atoms with Crippen molar-refractivity contribution < 1.29 is 4.79 Å². The lowest BCUT2D eigenvalue weighted by molar-refractivity contribution is -0.118. The molecule has 1 rings (SSSR count). The van der Waals surface area contributed by atoms with Gasteiger partial charge in [-0.25, -0.2) is 0 Å². The summed E-state index contributed by atoms with van der Waals surface area (Å²) in [5.41, 5.74) is 0.895. The Bertz CT molecular complexity index is 321. The normalized spacial score (nSPS) is 9.92. The van der Waals surface area contributed by atoms with Crippen LogP contribution in [0.3, 0.4) is 0 Å². The summed E-state index contributed by atoms with van der Waals surface area (Å²) in [5.74, 6) is 0.256. The molecular weight excluding hydrogens is 166 g/mol. The first-order valence-electron chi connectivity index (χ1n) is 4.41. The number of rotatable bonds is 4. The molecule has 0 fully saturated rings. The highest BCUT2D eigenvalue weighted by Crippen LogP contribution is 2.00. The van der Waals surface area contributed by atoms with Crippen molar-refractivity contribution in [2.75, 3.05) is 0 Å². The fourth-order valence-electron chi connectivity index (χ4n) is 1.06. The molecule has 1 N–H and O–H groups in total. The van der Waals surface area contributed by atoms with Gasteiger partial charge < -0.3 is 4.98 Å². The number of carbonyl (C=O) groups excluding carboxylic acids is 1. The molecule has 70 valence electrons. The second kappa shape index (κ2) is 4.60. The maximum atomic E-state index is 11.0. The third-order valence-electron chi connectivity index (χ3n) is 1.94. The van der Waals surface area contributed by atoms with E-state index in [1.54, 1.807) is 12.3 Å². The van der Waals surface area contributed by atoms with Crippen molar-refractivity contribution in [3.8, 4) is 0 Å². The molecule has 0 unspecified atom stereocenters. The summed E-state index contributed by atoms with van der Waals surface area (Å²) in [5, 5.41) is 0. The van der Waals surface area contributed by atoms with Gasteiger partial charge >= 0.3 is 0 Å². The molecule has 0 saturated heterocycles. The van der Waals surface area contributed by atoms with Gasteiger partial charge in [0.25, 0.3) is 0 Å². The van der Waals surface area contributed by atoms with Crippen molar-refractivity contribution in [1.29, 1.82) is 0 Å². The van der Waals surface area contributed by atoms with Crippen LogP contribution in [0.15, 0.2) is 23.1 Å². The maximum absolute atomic E-state index is 11.0. The number of nitrogens with one attached hydrogen (secondary N) is 1. The smallest absolute Gasteiger partial charge is 0.247 e. The number of aryl methyl sites for hydroxylation is 1. The molecule has 13 heavy (non-hydrogen) atoms. The molecule has 0 amide bonds. The molecule has 0 aliphatic carbocycles. The van der Waals surface area contributed by atoms with E-state index < -0.39 is 0 Å². The van der Waals surface area contributed by atoms with Gasteiger partial charge in [-0.2, -0.15) is 0 Å². The molecule has 1 aromatic heterocycles. The van der Waals surface area contributed by atoms with E-state index >= 15 is 0 Å². The number of Topliss-reactive ketones (excluding diaryl/α,β-unsaturated/α-hetero) is 1. The first-order chi connectivity index (χ1) is 6.22. The fraction of sp³-hybridized carbons (Fsp3) is 0.400. The number of aromatic nitrogens is 1. The number of hydrogen-bond acceptors (Lipinski definition) is 2. The predicted molar refractivity (Wildman–Crippen MR) is 50.7 cm³/mol. The molecule has 0 radical (unpaired) electrons. The van der Waals surface area contributed by atoms with Gasteiger partial charge in [0.05, 0.1) is 0 Å². The van der Waals surface area contributed by atoms with E-state index in [1.165, 1.54) is 6.07 Å². The lowest BCUT2D eigenvalue weighted by Gasteiger charge is -1.97. The fourth-order valence-corrected chi connectivity index (χ4v) is 1.06. The van der Waals surface area contributed by atoms with E-state index in [0.717, 1.165) is 5.56 Å². The second-order valence-electron chi connectivity index (χ2n) is 2.95. The van der Waals surface area contributed by atoms with Crippen molar-refractivity contribution in [2.45, 2.75) is 26.2 Å². The van der Waals surface area contributed by atoms with Crippen LogP contribution in [0.2, 0.25) is 0 Å². The van der Waals surface area contributed by atoms with Gasteiger partial charge in [-0.1, -0.05) is 13.0 Å². The van der Waals surface area contributed by atoms with Gasteiger partial charge in [-0.15, -0.1) is 0 Å². The summed E-state index contributed by atoms with van der Waals surface area (Å²) in [6.45, 7) is 1.86. The lowest BCUT2D eigenvalue weighted by Crippen LogP contribution is -2.04. The van der Waals surface area contributed by atoms with Crippen LogP contribution in [0.1, 0.15) is 25.3 Å². The van der Waals surface area contributed by atoms with Gasteiger partial charge in [-0.05, 0) is 12.0 Å². The minimum Gasteiger partial charge on any atom is -0.329 e. The number of aromatic amines is 1. The number of pyridine rings is 1. The molecule has 3 heteroatoms. The molecule has 0 spiro atoms. The molecule has 0 aliphatic heterocycles. The number of ketones is 1. The van der Waals surface area contributed by atoms with Gasteiger partial charge in [0.2, 0.25) is 5.56 Å². The first-order valence-corrected chi connectivity index (χ1v) is 4.41. The Labute approximate surface area is 76.8 Å². The highest BCUT2D eigenvalue weighted by molar-refractivity contribution is 5.78. The van der Waals surface area contributed by atoms with Gasteiger partial charge in [0.1, 0.15) is 5.78 Å². The Morgan fingerprint density at radius 3 is 2.77 bits per heavy atom. The molecule has 3 nitrogen and oxygen atoms in total. The monoisotopic (exact) mass is 179 g/mol. The summed E-state index contributed by atoms with van der Waals surface area (Å²) in [6, 6.07) is 3.23. The van der Waals surface area contributed by atoms with E-state index in [4.69, 9.17) is 0 Å². The Kier molecular flexibility index (Phi) is 3.43. The van der Waals surface area contributed by atoms with Crippen molar-refractivity contribution in [3.05, 3.63) is 34.2 Å². The number of hydrogen-bond donors (Lipinski definition) is 1. The van der Waals surface area contributed by atoms with Crippen molar-refractivity contribution >= 4 is 5.78 Å². The zero-order valence-electron chi connectivity index (χ0n) is 7.67. The van der Waals surface area contributed by atoms with Crippen molar-refractivity contribution in [1.82, 2.24) is 4.98 Å². The third-order valence-corrected chi connectivity index (χ3v) is 1.94. The van der Waals surface area contributed by atoms with Crippen LogP contribution in [-0.2, 0) is 11.2 Å². The summed E-state index contributed by atoms with van der Waals surface area (Å²) in [7, 11) is 0. The molecule has 1 aromatic rings. The largest absolute Gasteiger partial charge is 0.329 e. The average molecular weight is 179 g/mol. The molecule has 0 saturated carbocycles. The van der Waals surface area contributed by atoms with E-state index in [1.807, 2.05) is 6.92 Å². The van der Waals surface area contributed by atoms with Crippen LogP contribution >= 0.6 is 0 Å². The van der Waals surface area contributed by atoms with E-state index in [0.29, 0.717) is 19.3 Å². The average Bonchev–Trinajstić information content (AvgIpc) is 2.16. The quantitative estimate of drug-likeness (QED) is 0.757. The Morgan fingerprint density at radius 1 is 1.46 bits per heavy atom. The summed E-state index contributed by atoms with van der Waals surface area (Å²) < 4.78 is 0. The minimum absolute atomic E-state index is 0.106. The summed E-state index contributed by atoms with van der Waals surface area (Å²) in [4.78, 5) is 24.2. The maximum Gasteiger partial charge on any atom is 0.247 e. The molecule has 0 atom stereocenters. The zero-order chi connectivity index (χ0) is 9.68. The Hall–Kier alpha value is -1.38. The van der Waals surface area contributed by atoms with Crippen LogP contribution in [0.25, 0.3) is 0 Å². The highest BCUT2D eigenvalue weighted by Gasteiger charge is 1.99. The lowest BCUT2D eigenvalue weighted by atomic mass is 10.1. The topological polar surface area (TPSA) is 49.9 Å². The molecule has 0 bridgehead atoms. The second-order valence-corrected chi connectivity index (χ2v) is 2.95. The van der Waals surface area contributed by atoms with Gasteiger partial charge in [0, 0.05) is 25.1 Å². The standard InChI is InChI=1S/C10H13NO2/c1-2-9(12)5-3-8-4-6-10(13)11-7-8/h4,6-7H,2-3,5H2,1H3,(H,11,13). The summed E-state index contributed by atoms with van der Waals surface area (Å²) in [6.07, 6.45) is 3.51. The number of carbonyl (C=O) groups is 1. The number of H-pyrrole nitrogens is 1. The zero-order valence-corrected chi connectivity index (χ0v) is 7.67. The predicted octanol–water partition coefficient (Wildman–Crippen LogP) is 1.29. The minimum atomic E-state index is -0.106. The third kappa shape index (κ3) is 3.23. The molecule has 0 aliphatic rings. The van der Waals surface area contributed by atoms with Gasteiger partial charge in [-0.3, -0.25) is 9.59 Å². The van der Waals surface area contributed by atoms with E-state index in [2.05, 4.69) is 4.98 Å². The first kappa shape index (κ1) is 9.71. The van der Waals surface area contributed by atoms with Crippen LogP contribution in [0.4, 0.5) is 0 Å². The Balaban J connectivity index is 2.50. The SMILES string of the molecule is CCC(=O)CCc1ccc(=O)[nH]c1. The van der Waals surface area contributed by atoms with Crippen LogP contribution < -0.4 is 5.56 Å². The highest BCUT2D eigenvalue weighted by atomic mass is 16.1. The van der Waals surface area contributed by atoms with Crippen molar-refractivity contribution in [3.63, 3.8) is 0 Å². The summed E-state index contributed by atoms with van der Waals surface area (Å²) >= 11 is 0. The van der Waals surface area contributed by atoms with Crippen LogP contribution in [0, 0.1) is 0 Å².